The van der Waals surface area contributed by atoms with Crippen LogP contribution in [0.1, 0.15) is 41.5 Å². The van der Waals surface area contributed by atoms with Gasteiger partial charge in [-0.2, -0.15) is 4.98 Å². The summed E-state index contributed by atoms with van der Waals surface area (Å²) < 4.78 is 10.1. The van der Waals surface area contributed by atoms with Gasteiger partial charge in [-0.05, 0) is 26.7 Å². The van der Waals surface area contributed by atoms with Gasteiger partial charge in [0, 0.05) is 4.88 Å². The number of ether oxygens (including phenoxy) is 1. The van der Waals surface area contributed by atoms with E-state index in [0.717, 1.165) is 28.5 Å². The number of carbonyl (C=O) groups excluding carboxylic acids is 1. The van der Waals surface area contributed by atoms with Gasteiger partial charge < -0.3 is 14.6 Å². The molecule has 0 radical (unpaired) electrons. The van der Waals surface area contributed by atoms with Crippen molar-refractivity contribution in [3.8, 4) is 0 Å². The molecule has 0 fully saturated rings. The maximum atomic E-state index is 11.9. The molecule has 21 heavy (non-hydrogen) atoms. The highest BCUT2D eigenvalue weighted by atomic mass is 32.1. The minimum Gasteiger partial charge on any atom is -0.465 e. The van der Waals surface area contributed by atoms with Gasteiger partial charge in [-0.1, -0.05) is 5.16 Å². The van der Waals surface area contributed by atoms with Crippen molar-refractivity contribution in [2.45, 2.75) is 39.2 Å². The van der Waals surface area contributed by atoms with Gasteiger partial charge in [0.2, 0.25) is 5.89 Å². The molecule has 1 atom stereocenters. The van der Waals surface area contributed by atoms with Crippen molar-refractivity contribution in [1.82, 2.24) is 15.1 Å². The summed E-state index contributed by atoms with van der Waals surface area (Å²) in [4.78, 5) is 21.7. The smallest absolute Gasteiger partial charge is 0.315 e. The monoisotopic (exact) mass is 308 g/mol. The van der Waals surface area contributed by atoms with Crippen molar-refractivity contribution in [3.63, 3.8) is 0 Å². The van der Waals surface area contributed by atoms with Crippen LogP contribution in [0.2, 0.25) is 0 Å². The average Bonchev–Trinajstić information content (AvgIpc) is 3.11. The van der Waals surface area contributed by atoms with Crippen LogP contribution in [0.5, 0.6) is 0 Å². The zero-order valence-corrected chi connectivity index (χ0v) is 12.7. The molecule has 2 heterocycles. The third kappa shape index (κ3) is 2.90. The van der Waals surface area contributed by atoms with Gasteiger partial charge in [0.15, 0.2) is 11.0 Å². The predicted molar refractivity (Wildman–Crippen MR) is 76.2 cm³/mol. The summed E-state index contributed by atoms with van der Waals surface area (Å²) in [6.45, 7) is 4.41. The lowest BCUT2D eigenvalue weighted by Gasteiger charge is -2.07. The van der Waals surface area contributed by atoms with E-state index in [4.69, 9.17) is 9.26 Å². The molecule has 0 aliphatic heterocycles. The van der Waals surface area contributed by atoms with Gasteiger partial charge in [-0.15, -0.1) is 11.3 Å². The largest absolute Gasteiger partial charge is 0.465 e. The van der Waals surface area contributed by atoms with Crippen LogP contribution >= 0.6 is 11.3 Å². The molecule has 0 aromatic carbocycles. The van der Waals surface area contributed by atoms with Crippen LogP contribution in [0.4, 0.5) is 5.13 Å². The molecule has 1 aliphatic carbocycles. The molecule has 112 valence electrons. The van der Waals surface area contributed by atoms with Crippen LogP contribution in [-0.4, -0.2) is 27.7 Å². The van der Waals surface area contributed by atoms with E-state index in [-0.39, 0.29) is 11.9 Å². The minimum atomic E-state index is -0.225. The number of fused-ring (bicyclic) bond motifs is 1. The lowest BCUT2D eigenvalue weighted by molar-refractivity contribution is -0.145. The molecule has 0 spiro atoms. The third-order valence-corrected chi connectivity index (χ3v) is 4.34. The molecule has 1 unspecified atom stereocenters. The van der Waals surface area contributed by atoms with Crippen molar-refractivity contribution < 1.29 is 14.1 Å². The Morgan fingerprint density at radius 3 is 3.10 bits per heavy atom. The van der Waals surface area contributed by atoms with E-state index in [1.54, 1.807) is 18.3 Å². The fourth-order valence-electron chi connectivity index (χ4n) is 2.34. The number of aromatic nitrogens is 3. The Hall–Kier alpha value is -1.96. The number of carbonyl (C=O) groups is 1. The van der Waals surface area contributed by atoms with Crippen molar-refractivity contribution in [1.29, 1.82) is 0 Å². The molecule has 0 amide bonds. The highest BCUT2D eigenvalue weighted by Gasteiger charge is 2.33. The van der Waals surface area contributed by atoms with E-state index < -0.39 is 0 Å². The molecular formula is C13H16N4O3S. The first-order chi connectivity index (χ1) is 10.2. The molecule has 1 aliphatic rings. The zero-order valence-electron chi connectivity index (χ0n) is 11.9. The number of aryl methyl sites for hydroxylation is 2. The van der Waals surface area contributed by atoms with Gasteiger partial charge in [-0.3, -0.25) is 4.79 Å². The fourth-order valence-corrected chi connectivity index (χ4v) is 3.37. The lowest BCUT2D eigenvalue weighted by atomic mass is 10.1. The Bertz CT molecular complexity index is 652. The average molecular weight is 308 g/mol. The molecular weight excluding hydrogens is 292 g/mol. The first-order valence-corrected chi connectivity index (χ1v) is 7.68. The summed E-state index contributed by atoms with van der Waals surface area (Å²) in [5.41, 5.74) is 0.850. The van der Waals surface area contributed by atoms with Gasteiger partial charge in [0.25, 0.3) is 0 Å². The summed E-state index contributed by atoms with van der Waals surface area (Å²) in [6, 6.07) is 0. The van der Waals surface area contributed by atoms with Gasteiger partial charge in [0.1, 0.15) is 5.92 Å². The summed E-state index contributed by atoms with van der Waals surface area (Å²) in [5, 5.41) is 7.65. The van der Waals surface area contributed by atoms with E-state index >= 15 is 0 Å². The summed E-state index contributed by atoms with van der Waals surface area (Å²) in [7, 11) is 0. The third-order valence-electron chi connectivity index (χ3n) is 3.25. The SMILES string of the molecule is CCOC(=O)C1CCc2sc(NCc3nc(C)no3)nc21. The Kier molecular flexibility index (Phi) is 3.87. The van der Waals surface area contributed by atoms with Crippen LogP contribution in [0.15, 0.2) is 4.52 Å². The van der Waals surface area contributed by atoms with Crippen molar-refractivity contribution in [2.24, 2.45) is 0 Å². The molecule has 2 aromatic rings. The van der Waals surface area contributed by atoms with E-state index in [0.29, 0.717) is 24.9 Å². The molecule has 2 aromatic heterocycles. The number of nitrogens with zero attached hydrogens (tertiary/aromatic N) is 3. The van der Waals surface area contributed by atoms with Gasteiger partial charge in [0.05, 0.1) is 18.8 Å². The Labute approximate surface area is 125 Å². The van der Waals surface area contributed by atoms with Crippen LogP contribution in [0.3, 0.4) is 0 Å². The van der Waals surface area contributed by atoms with Crippen molar-refractivity contribution in [2.75, 3.05) is 11.9 Å². The maximum Gasteiger partial charge on any atom is 0.315 e. The predicted octanol–water partition coefficient (Wildman–Crippen LogP) is 2.04. The standard InChI is InChI=1S/C13H16N4O3S/c1-3-19-12(18)8-4-5-9-11(8)16-13(21-9)14-6-10-15-7(2)17-20-10/h8H,3-6H2,1-2H3,(H,14,16). The van der Waals surface area contributed by atoms with Crippen molar-refractivity contribution >= 4 is 22.4 Å². The topological polar surface area (TPSA) is 90.1 Å². The second-order valence-corrected chi connectivity index (χ2v) is 5.84. The lowest BCUT2D eigenvalue weighted by Crippen LogP contribution is -2.14. The summed E-state index contributed by atoms with van der Waals surface area (Å²) in [6.07, 6.45) is 1.66. The van der Waals surface area contributed by atoms with Crippen LogP contribution in [0, 0.1) is 6.92 Å². The number of esters is 1. The minimum absolute atomic E-state index is 0.180. The molecule has 8 heteroatoms. The van der Waals surface area contributed by atoms with E-state index in [1.807, 2.05) is 6.92 Å². The molecule has 1 N–H and O–H groups in total. The van der Waals surface area contributed by atoms with Gasteiger partial charge in [-0.25, -0.2) is 4.98 Å². The second-order valence-electron chi connectivity index (χ2n) is 4.76. The molecule has 0 saturated carbocycles. The molecule has 3 rings (SSSR count). The number of hydrogen-bond acceptors (Lipinski definition) is 8. The molecule has 0 bridgehead atoms. The molecule has 0 saturated heterocycles. The summed E-state index contributed by atoms with van der Waals surface area (Å²) in [5.74, 6) is 0.721. The normalized spacial score (nSPS) is 16.8. The fraction of sp³-hybridized carbons (Fsp3) is 0.538. The van der Waals surface area contributed by atoms with Crippen LogP contribution in [0.25, 0.3) is 0 Å². The number of nitrogens with one attached hydrogen (secondary N) is 1. The second kappa shape index (κ2) is 5.80. The van der Waals surface area contributed by atoms with Crippen LogP contribution < -0.4 is 5.32 Å². The number of hydrogen-bond donors (Lipinski definition) is 1. The number of rotatable bonds is 5. The van der Waals surface area contributed by atoms with E-state index in [9.17, 15) is 4.79 Å². The Morgan fingerprint density at radius 1 is 1.52 bits per heavy atom. The molecule has 7 nitrogen and oxygen atoms in total. The van der Waals surface area contributed by atoms with E-state index in [2.05, 4.69) is 20.4 Å². The quantitative estimate of drug-likeness (QED) is 0.845. The number of anilines is 1. The van der Waals surface area contributed by atoms with Crippen LogP contribution in [-0.2, 0) is 22.5 Å². The van der Waals surface area contributed by atoms with Gasteiger partial charge >= 0.3 is 5.97 Å². The Morgan fingerprint density at radius 2 is 2.38 bits per heavy atom. The maximum absolute atomic E-state index is 11.9. The van der Waals surface area contributed by atoms with E-state index in [1.165, 1.54) is 0 Å². The first-order valence-electron chi connectivity index (χ1n) is 6.86. The number of thiazole rings is 1. The highest BCUT2D eigenvalue weighted by molar-refractivity contribution is 7.15. The first kappa shape index (κ1) is 14.0. The summed E-state index contributed by atoms with van der Waals surface area (Å²) >= 11 is 1.57. The Balaban J connectivity index is 1.67. The highest BCUT2D eigenvalue weighted by Crippen LogP contribution is 2.38. The zero-order chi connectivity index (χ0) is 14.8. The van der Waals surface area contributed by atoms with Crippen molar-refractivity contribution in [3.05, 3.63) is 22.3 Å².